The highest BCUT2D eigenvalue weighted by Crippen LogP contribution is 2.26. The number of hydrogen-bond donors (Lipinski definition) is 2. The molecule has 1 unspecified atom stereocenters. The van der Waals surface area contributed by atoms with Gasteiger partial charge in [0.25, 0.3) is 5.91 Å². The van der Waals surface area contributed by atoms with Crippen LogP contribution < -0.4 is 5.32 Å². The Bertz CT molecular complexity index is 711. The number of aromatic nitrogens is 1. The molecular formula is C18H20N2O3. The van der Waals surface area contributed by atoms with Crippen molar-refractivity contribution < 1.29 is 14.7 Å². The minimum Gasteiger partial charge on any atom is -0.477 e. The van der Waals surface area contributed by atoms with Gasteiger partial charge < -0.3 is 10.4 Å². The van der Waals surface area contributed by atoms with Gasteiger partial charge in [0.05, 0.1) is 0 Å². The number of carboxylic acid groups (broad SMARTS) is 1. The van der Waals surface area contributed by atoms with Gasteiger partial charge in [-0.05, 0) is 24.6 Å². The normalized spacial score (nSPS) is 12.5. The molecule has 2 N–H and O–H groups in total. The van der Waals surface area contributed by atoms with Crippen LogP contribution in [0.4, 0.5) is 0 Å². The van der Waals surface area contributed by atoms with Crippen LogP contribution in [0.25, 0.3) is 0 Å². The highest BCUT2D eigenvalue weighted by molar-refractivity contribution is 5.94. The van der Waals surface area contributed by atoms with Gasteiger partial charge in [0.1, 0.15) is 11.4 Å². The molecule has 1 heterocycles. The molecule has 0 spiro atoms. The predicted octanol–water partition coefficient (Wildman–Crippen LogP) is 2.88. The van der Waals surface area contributed by atoms with Crippen LogP contribution in [-0.4, -0.2) is 28.0 Å². The summed E-state index contributed by atoms with van der Waals surface area (Å²) in [6.45, 7) is 6.02. The summed E-state index contributed by atoms with van der Waals surface area (Å²) in [5.41, 5.74) is 0.787. The molecule has 1 atom stereocenters. The Morgan fingerprint density at radius 3 is 2.26 bits per heavy atom. The van der Waals surface area contributed by atoms with Gasteiger partial charge in [0.15, 0.2) is 0 Å². The molecular weight excluding hydrogens is 292 g/mol. The Kier molecular flexibility index (Phi) is 4.79. The summed E-state index contributed by atoms with van der Waals surface area (Å²) in [6, 6.07) is 14.1. The summed E-state index contributed by atoms with van der Waals surface area (Å²) in [5.74, 6) is -1.54. The summed E-state index contributed by atoms with van der Waals surface area (Å²) in [6.07, 6.45) is 0. The van der Waals surface area contributed by atoms with Crippen LogP contribution >= 0.6 is 0 Å². The van der Waals surface area contributed by atoms with Crippen molar-refractivity contribution in [1.82, 2.24) is 10.3 Å². The van der Waals surface area contributed by atoms with Gasteiger partial charge >= 0.3 is 5.97 Å². The zero-order chi connectivity index (χ0) is 17.0. The van der Waals surface area contributed by atoms with Crippen molar-refractivity contribution in [2.75, 3.05) is 0 Å². The number of carboxylic acids is 1. The van der Waals surface area contributed by atoms with Crippen LogP contribution in [-0.2, 0) is 5.41 Å². The molecule has 23 heavy (non-hydrogen) atoms. The zero-order valence-corrected chi connectivity index (χ0v) is 13.4. The molecule has 0 aliphatic rings. The number of pyridine rings is 1. The third kappa shape index (κ3) is 3.74. The van der Waals surface area contributed by atoms with Gasteiger partial charge in [0.2, 0.25) is 0 Å². The number of carbonyl (C=O) groups is 2. The second kappa shape index (κ2) is 6.60. The van der Waals surface area contributed by atoms with E-state index in [-0.39, 0.29) is 28.8 Å². The van der Waals surface area contributed by atoms with Crippen LogP contribution in [0.15, 0.2) is 48.5 Å². The molecule has 2 aromatic rings. The molecule has 1 aromatic heterocycles. The molecule has 5 heteroatoms. The minimum absolute atomic E-state index is 0.0978. The van der Waals surface area contributed by atoms with Crippen LogP contribution in [0.1, 0.15) is 47.3 Å². The van der Waals surface area contributed by atoms with Crippen molar-refractivity contribution in [1.29, 1.82) is 0 Å². The topological polar surface area (TPSA) is 79.3 Å². The van der Waals surface area contributed by atoms with Crippen molar-refractivity contribution in [3.05, 3.63) is 65.5 Å². The average Bonchev–Trinajstić information content (AvgIpc) is 2.55. The molecule has 120 valence electrons. The molecule has 0 fully saturated rings. The highest BCUT2D eigenvalue weighted by atomic mass is 16.4. The smallest absolute Gasteiger partial charge is 0.354 e. The summed E-state index contributed by atoms with van der Waals surface area (Å²) in [4.78, 5) is 27.2. The van der Waals surface area contributed by atoms with Crippen molar-refractivity contribution >= 4 is 11.9 Å². The lowest BCUT2D eigenvalue weighted by molar-refractivity contribution is 0.0690. The lowest BCUT2D eigenvalue weighted by Gasteiger charge is -2.33. The molecule has 1 aromatic carbocycles. The first-order valence-corrected chi connectivity index (χ1v) is 7.39. The molecule has 1 amide bonds. The fourth-order valence-corrected chi connectivity index (χ4v) is 2.25. The SMILES string of the molecule is CC(NC(=O)c1cccc(C(=O)O)n1)C(C)(C)c1ccccc1. The Morgan fingerprint density at radius 1 is 1.04 bits per heavy atom. The molecule has 5 nitrogen and oxygen atoms in total. The number of nitrogens with zero attached hydrogens (tertiary/aromatic N) is 1. The third-order valence-electron chi connectivity index (χ3n) is 4.15. The molecule has 0 aliphatic carbocycles. The number of nitrogens with one attached hydrogen (secondary N) is 1. The molecule has 0 saturated carbocycles. The van der Waals surface area contributed by atoms with Gasteiger partial charge in [-0.15, -0.1) is 0 Å². The van der Waals surface area contributed by atoms with E-state index in [4.69, 9.17) is 5.11 Å². The van der Waals surface area contributed by atoms with E-state index in [1.165, 1.54) is 18.2 Å². The Hall–Kier alpha value is -2.69. The maximum atomic E-state index is 12.3. The lowest BCUT2D eigenvalue weighted by Crippen LogP contribution is -2.45. The van der Waals surface area contributed by atoms with Gasteiger partial charge in [-0.1, -0.05) is 50.2 Å². The van der Waals surface area contributed by atoms with E-state index < -0.39 is 5.97 Å². The molecule has 0 saturated heterocycles. The number of aromatic carboxylic acids is 1. The lowest BCUT2D eigenvalue weighted by atomic mass is 9.78. The van der Waals surface area contributed by atoms with Crippen LogP contribution in [0.2, 0.25) is 0 Å². The maximum absolute atomic E-state index is 12.3. The number of rotatable bonds is 5. The number of benzene rings is 1. The first kappa shape index (κ1) is 16.7. The molecule has 0 radical (unpaired) electrons. The van der Waals surface area contributed by atoms with Gasteiger partial charge in [-0.25, -0.2) is 9.78 Å². The average molecular weight is 312 g/mol. The van der Waals surface area contributed by atoms with Crippen molar-refractivity contribution in [3.63, 3.8) is 0 Å². The van der Waals surface area contributed by atoms with Crippen LogP contribution in [0.5, 0.6) is 0 Å². The largest absolute Gasteiger partial charge is 0.477 e. The van der Waals surface area contributed by atoms with E-state index in [1.807, 2.05) is 51.1 Å². The molecule has 2 rings (SSSR count). The van der Waals surface area contributed by atoms with Crippen LogP contribution in [0, 0.1) is 0 Å². The number of hydrogen-bond acceptors (Lipinski definition) is 3. The first-order valence-electron chi connectivity index (χ1n) is 7.39. The van der Waals surface area contributed by atoms with Crippen molar-refractivity contribution in [3.8, 4) is 0 Å². The van der Waals surface area contributed by atoms with E-state index in [0.29, 0.717) is 0 Å². The second-order valence-corrected chi connectivity index (χ2v) is 6.00. The molecule has 0 bridgehead atoms. The Morgan fingerprint density at radius 2 is 1.65 bits per heavy atom. The van der Waals surface area contributed by atoms with Gasteiger partial charge in [0, 0.05) is 11.5 Å². The van der Waals surface area contributed by atoms with Gasteiger partial charge in [-0.3, -0.25) is 4.79 Å². The van der Waals surface area contributed by atoms with Crippen LogP contribution in [0.3, 0.4) is 0 Å². The summed E-state index contributed by atoms with van der Waals surface area (Å²) in [5, 5.41) is 11.9. The summed E-state index contributed by atoms with van der Waals surface area (Å²) >= 11 is 0. The molecule has 0 aliphatic heterocycles. The minimum atomic E-state index is -1.16. The van der Waals surface area contributed by atoms with Gasteiger partial charge in [-0.2, -0.15) is 0 Å². The quantitative estimate of drug-likeness (QED) is 0.889. The van der Waals surface area contributed by atoms with E-state index in [1.54, 1.807) is 0 Å². The Labute approximate surface area is 135 Å². The van der Waals surface area contributed by atoms with E-state index in [2.05, 4.69) is 10.3 Å². The summed E-state index contributed by atoms with van der Waals surface area (Å²) in [7, 11) is 0. The summed E-state index contributed by atoms with van der Waals surface area (Å²) < 4.78 is 0. The zero-order valence-electron chi connectivity index (χ0n) is 13.4. The monoisotopic (exact) mass is 312 g/mol. The number of amides is 1. The fourth-order valence-electron chi connectivity index (χ4n) is 2.25. The van der Waals surface area contributed by atoms with E-state index in [0.717, 1.165) is 5.56 Å². The number of carbonyl (C=O) groups excluding carboxylic acids is 1. The van der Waals surface area contributed by atoms with E-state index in [9.17, 15) is 9.59 Å². The first-order chi connectivity index (χ1) is 10.8. The second-order valence-electron chi connectivity index (χ2n) is 6.00. The standard InChI is InChI=1S/C18H20N2O3/c1-12(18(2,3)13-8-5-4-6-9-13)19-16(21)14-10-7-11-15(20-14)17(22)23/h4-12H,1-3H3,(H,19,21)(H,22,23). The fraction of sp³-hybridized carbons (Fsp3) is 0.278. The van der Waals surface area contributed by atoms with E-state index >= 15 is 0 Å². The Balaban J connectivity index is 2.16. The predicted molar refractivity (Wildman–Crippen MR) is 87.6 cm³/mol. The van der Waals surface area contributed by atoms with Crippen molar-refractivity contribution in [2.24, 2.45) is 0 Å². The highest BCUT2D eigenvalue weighted by Gasteiger charge is 2.29. The maximum Gasteiger partial charge on any atom is 0.354 e. The van der Waals surface area contributed by atoms with Crippen molar-refractivity contribution in [2.45, 2.75) is 32.2 Å². The third-order valence-corrected chi connectivity index (χ3v) is 4.15.